The second kappa shape index (κ2) is 13.7. The Labute approximate surface area is 242 Å². The molecule has 1 saturated heterocycles. The average Bonchev–Trinajstić information content (AvgIpc) is 3.47. The van der Waals surface area contributed by atoms with Crippen LogP contribution in [-0.4, -0.2) is 93.4 Å². The Morgan fingerprint density at radius 2 is 1.48 bits per heavy atom. The molecule has 13 nitrogen and oxygen atoms in total. The standard InChI is InChI=1S/C29H33N7O6/c37-24-25(38)27(42-29(41)26(24)39)28(40)32-14-11-19-7-9-23(10-8-19)36-18-22(33-34-36)17-35(15-20-5-1-3-12-30-20)16-21-6-2-4-13-31-21/h1-10,12-13,18,24-27,29,37-39,41H,11,14-17H2,(H,32,40). The average molecular weight is 576 g/mol. The van der Waals surface area contributed by atoms with E-state index in [1.54, 1.807) is 17.1 Å². The maximum absolute atomic E-state index is 12.4. The maximum atomic E-state index is 12.4. The van der Waals surface area contributed by atoms with Crippen LogP contribution in [-0.2, 0) is 35.6 Å². The molecule has 4 aromatic rings. The zero-order valence-electron chi connectivity index (χ0n) is 22.7. The number of benzene rings is 1. The van der Waals surface area contributed by atoms with E-state index in [4.69, 9.17) is 4.74 Å². The first-order valence-corrected chi connectivity index (χ1v) is 13.6. The van der Waals surface area contributed by atoms with Crippen LogP contribution in [0.1, 0.15) is 22.6 Å². The van der Waals surface area contributed by atoms with Crippen molar-refractivity contribution in [3.8, 4) is 5.69 Å². The highest BCUT2D eigenvalue weighted by Crippen LogP contribution is 2.20. The molecule has 1 fully saturated rings. The van der Waals surface area contributed by atoms with Crippen molar-refractivity contribution in [1.82, 2.24) is 35.2 Å². The molecule has 3 aromatic heterocycles. The summed E-state index contributed by atoms with van der Waals surface area (Å²) >= 11 is 0. The zero-order valence-corrected chi connectivity index (χ0v) is 22.7. The predicted molar refractivity (Wildman–Crippen MR) is 148 cm³/mol. The third-order valence-electron chi connectivity index (χ3n) is 6.91. The molecule has 220 valence electrons. The van der Waals surface area contributed by atoms with Crippen LogP contribution in [0.5, 0.6) is 0 Å². The van der Waals surface area contributed by atoms with Gasteiger partial charge >= 0.3 is 0 Å². The van der Waals surface area contributed by atoms with Crippen LogP contribution in [0.4, 0.5) is 0 Å². The van der Waals surface area contributed by atoms with Crippen molar-refractivity contribution in [2.45, 2.75) is 56.8 Å². The van der Waals surface area contributed by atoms with E-state index in [9.17, 15) is 25.2 Å². The zero-order chi connectivity index (χ0) is 29.5. The third-order valence-corrected chi connectivity index (χ3v) is 6.91. The summed E-state index contributed by atoms with van der Waals surface area (Å²) < 4.78 is 6.66. The number of nitrogens with zero attached hydrogens (tertiary/aromatic N) is 6. The van der Waals surface area contributed by atoms with Gasteiger partial charge in [-0.15, -0.1) is 5.10 Å². The maximum Gasteiger partial charge on any atom is 0.252 e. The van der Waals surface area contributed by atoms with E-state index in [1.165, 1.54) is 0 Å². The van der Waals surface area contributed by atoms with Gasteiger partial charge < -0.3 is 30.5 Å². The van der Waals surface area contributed by atoms with Crippen LogP contribution in [0.2, 0.25) is 0 Å². The molecule has 5 unspecified atom stereocenters. The second-order valence-electron chi connectivity index (χ2n) is 10.1. The Hall–Kier alpha value is -4.11. The summed E-state index contributed by atoms with van der Waals surface area (Å²) in [7, 11) is 0. The van der Waals surface area contributed by atoms with Gasteiger partial charge in [0.1, 0.15) is 18.3 Å². The van der Waals surface area contributed by atoms with Crippen molar-refractivity contribution in [2.75, 3.05) is 6.54 Å². The number of hydrogen-bond donors (Lipinski definition) is 5. The van der Waals surface area contributed by atoms with Crippen LogP contribution in [0.25, 0.3) is 5.69 Å². The Bertz CT molecular complexity index is 1380. The molecule has 0 spiro atoms. The van der Waals surface area contributed by atoms with Gasteiger partial charge in [-0.3, -0.25) is 19.7 Å². The molecule has 0 aliphatic carbocycles. The van der Waals surface area contributed by atoms with E-state index < -0.39 is 36.6 Å². The van der Waals surface area contributed by atoms with Gasteiger partial charge in [0, 0.05) is 38.6 Å². The lowest BCUT2D eigenvalue weighted by molar-refractivity contribution is -0.275. The van der Waals surface area contributed by atoms with Gasteiger partial charge in [0.15, 0.2) is 12.4 Å². The van der Waals surface area contributed by atoms with Crippen molar-refractivity contribution in [3.63, 3.8) is 0 Å². The van der Waals surface area contributed by atoms with Crippen molar-refractivity contribution in [1.29, 1.82) is 0 Å². The number of hydrogen-bond acceptors (Lipinski definition) is 11. The molecule has 1 aliphatic rings. The number of aliphatic hydroxyl groups excluding tert-OH is 4. The highest BCUT2D eigenvalue weighted by Gasteiger charge is 2.46. The van der Waals surface area contributed by atoms with E-state index in [2.05, 4.69) is 30.5 Å². The predicted octanol–water partition coefficient (Wildman–Crippen LogP) is -0.282. The molecule has 0 saturated carbocycles. The largest absolute Gasteiger partial charge is 0.387 e. The summed E-state index contributed by atoms with van der Waals surface area (Å²) in [6, 6.07) is 19.3. The summed E-state index contributed by atoms with van der Waals surface area (Å²) in [5.74, 6) is -0.695. The van der Waals surface area contributed by atoms with E-state index in [1.807, 2.05) is 66.9 Å². The Kier molecular flexibility index (Phi) is 9.59. The van der Waals surface area contributed by atoms with Crippen LogP contribution in [0.3, 0.4) is 0 Å². The first kappa shape index (κ1) is 29.4. The van der Waals surface area contributed by atoms with Crippen LogP contribution in [0.15, 0.2) is 79.3 Å². The van der Waals surface area contributed by atoms with Crippen molar-refractivity contribution >= 4 is 5.91 Å². The number of ether oxygens (including phenoxy) is 1. The van der Waals surface area contributed by atoms with Crippen molar-refractivity contribution < 1.29 is 30.0 Å². The summed E-state index contributed by atoms with van der Waals surface area (Å²) in [5, 5.41) is 50.3. The number of pyridine rings is 2. The van der Waals surface area contributed by atoms with Gasteiger partial charge in [-0.25, -0.2) is 4.68 Å². The first-order chi connectivity index (χ1) is 20.4. The highest BCUT2D eigenvalue weighted by atomic mass is 16.6. The Balaban J connectivity index is 1.16. The van der Waals surface area contributed by atoms with Gasteiger partial charge in [0.05, 0.1) is 29.0 Å². The molecule has 5 rings (SSSR count). The molecule has 1 aliphatic heterocycles. The molecular formula is C29H33N7O6. The van der Waals surface area contributed by atoms with Crippen LogP contribution in [0, 0.1) is 0 Å². The molecule has 5 N–H and O–H groups in total. The normalized spacial score (nSPS) is 22.3. The van der Waals surface area contributed by atoms with Crippen LogP contribution < -0.4 is 5.32 Å². The number of aromatic nitrogens is 5. The van der Waals surface area contributed by atoms with E-state index in [0.29, 0.717) is 26.1 Å². The minimum absolute atomic E-state index is 0.232. The van der Waals surface area contributed by atoms with Crippen molar-refractivity contribution in [3.05, 3.63) is 102 Å². The first-order valence-electron chi connectivity index (χ1n) is 13.6. The number of aliphatic hydroxyl groups is 4. The molecule has 1 amide bonds. The third kappa shape index (κ3) is 7.39. The minimum atomic E-state index is -1.77. The Morgan fingerprint density at radius 1 is 0.833 bits per heavy atom. The fourth-order valence-corrected chi connectivity index (χ4v) is 4.66. The second-order valence-corrected chi connectivity index (χ2v) is 10.1. The summed E-state index contributed by atoms with van der Waals surface area (Å²) in [5.41, 5.74) is 4.45. The monoisotopic (exact) mass is 575 g/mol. The van der Waals surface area contributed by atoms with Gasteiger partial charge in [0.2, 0.25) is 0 Å². The summed E-state index contributed by atoms with van der Waals surface area (Å²) in [6.07, 6.45) is -2.39. The van der Waals surface area contributed by atoms with E-state index in [-0.39, 0.29) is 6.54 Å². The number of rotatable bonds is 11. The lowest BCUT2D eigenvalue weighted by Gasteiger charge is -2.37. The van der Waals surface area contributed by atoms with Gasteiger partial charge in [-0.05, 0) is 48.4 Å². The van der Waals surface area contributed by atoms with E-state index in [0.717, 1.165) is 28.3 Å². The smallest absolute Gasteiger partial charge is 0.252 e. The van der Waals surface area contributed by atoms with Gasteiger partial charge in [-0.2, -0.15) is 0 Å². The fraction of sp³-hybridized carbons (Fsp3) is 0.345. The number of amides is 1. The molecule has 4 heterocycles. The van der Waals surface area contributed by atoms with Gasteiger partial charge in [-0.1, -0.05) is 29.5 Å². The number of carbonyl (C=O) groups excluding carboxylic acids is 1. The topological polar surface area (TPSA) is 179 Å². The minimum Gasteiger partial charge on any atom is -0.387 e. The molecule has 1 aromatic carbocycles. The quantitative estimate of drug-likeness (QED) is 0.159. The van der Waals surface area contributed by atoms with Crippen LogP contribution >= 0.6 is 0 Å². The molecule has 13 heteroatoms. The number of nitrogens with one attached hydrogen (secondary N) is 1. The molecule has 0 bridgehead atoms. The molecule has 42 heavy (non-hydrogen) atoms. The Morgan fingerprint density at radius 3 is 2.10 bits per heavy atom. The van der Waals surface area contributed by atoms with Crippen molar-refractivity contribution in [2.24, 2.45) is 0 Å². The molecule has 0 radical (unpaired) electrons. The summed E-state index contributed by atoms with van der Waals surface area (Å²) in [4.78, 5) is 23.5. The fourth-order valence-electron chi connectivity index (χ4n) is 4.66. The SMILES string of the molecule is O=C(NCCc1ccc(-n2cc(CN(Cc3ccccn3)Cc3ccccn3)nn2)cc1)C1OC(O)C(O)C(O)C1O. The lowest BCUT2D eigenvalue weighted by atomic mass is 9.98. The number of carbonyl (C=O) groups is 1. The lowest BCUT2D eigenvalue weighted by Crippen LogP contribution is -2.61. The van der Waals surface area contributed by atoms with Gasteiger partial charge in [0.25, 0.3) is 5.91 Å². The molecule has 5 atom stereocenters. The highest BCUT2D eigenvalue weighted by molar-refractivity contribution is 5.81. The summed E-state index contributed by atoms with van der Waals surface area (Å²) in [6.45, 7) is 2.04. The molecular weight excluding hydrogens is 542 g/mol. The van der Waals surface area contributed by atoms with E-state index >= 15 is 0 Å².